The van der Waals surface area contributed by atoms with Crippen LogP contribution in [0.25, 0.3) is 0 Å². The fourth-order valence-corrected chi connectivity index (χ4v) is 3.35. The number of rotatable bonds is 4. The molecule has 130 valence electrons. The van der Waals surface area contributed by atoms with Crippen molar-refractivity contribution in [2.45, 2.75) is 25.4 Å². The Balaban J connectivity index is 1.75. The van der Waals surface area contributed by atoms with E-state index in [9.17, 15) is 14.0 Å². The SMILES string of the molecule is CC(=O)c1ccc(C(=O)N[C@H]2CCN(C)[C@@H]2c2ccc(F)cc2)cc1. The molecule has 0 aliphatic carbocycles. The van der Waals surface area contributed by atoms with Gasteiger partial charge in [0.2, 0.25) is 0 Å². The van der Waals surface area contributed by atoms with E-state index >= 15 is 0 Å². The molecule has 5 heteroatoms. The summed E-state index contributed by atoms with van der Waals surface area (Å²) >= 11 is 0. The number of ketones is 1. The standard InChI is InChI=1S/C20H21FN2O2/c1-13(24)14-3-5-16(6-4-14)20(25)22-18-11-12-23(2)19(18)15-7-9-17(21)10-8-15/h3-10,18-19H,11-12H2,1-2H3,(H,22,25)/t18-,19+/m0/s1. The number of Topliss-reactive ketones (excluding diaryl/α,β-unsaturated/α-hetero) is 1. The molecule has 0 aromatic heterocycles. The maximum Gasteiger partial charge on any atom is 0.251 e. The largest absolute Gasteiger partial charge is 0.347 e. The van der Waals surface area contributed by atoms with E-state index < -0.39 is 0 Å². The first-order chi connectivity index (χ1) is 12.0. The molecule has 0 unspecified atom stereocenters. The lowest BCUT2D eigenvalue weighted by atomic mass is 9.99. The first kappa shape index (κ1) is 17.3. The van der Waals surface area contributed by atoms with Gasteiger partial charge in [0, 0.05) is 17.7 Å². The molecule has 1 aliphatic heterocycles. The van der Waals surface area contributed by atoms with Crippen molar-refractivity contribution in [3.8, 4) is 0 Å². The highest BCUT2D eigenvalue weighted by Crippen LogP contribution is 2.31. The molecule has 2 atom stereocenters. The number of amides is 1. The number of nitrogens with zero attached hydrogens (tertiary/aromatic N) is 1. The zero-order valence-corrected chi connectivity index (χ0v) is 14.3. The van der Waals surface area contributed by atoms with Gasteiger partial charge in [-0.1, -0.05) is 24.3 Å². The lowest BCUT2D eigenvalue weighted by Gasteiger charge is -2.26. The topological polar surface area (TPSA) is 49.4 Å². The number of halogens is 1. The van der Waals surface area contributed by atoms with Gasteiger partial charge in [0.05, 0.1) is 12.1 Å². The third kappa shape index (κ3) is 3.77. The molecular formula is C20H21FN2O2. The molecule has 0 spiro atoms. The molecular weight excluding hydrogens is 319 g/mol. The van der Waals surface area contributed by atoms with Crippen molar-refractivity contribution in [3.63, 3.8) is 0 Å². The van der Waals surface area contributed by atoms with Crippen molar-refractivity contribution in [2.24, 2.45) is 0 Å². The average molecular weight is 340 g/mol. The van der Waals surface area contributed by atoms with Crippen LogP contribution in [0.4, 0.5) is 4.39 Å². The Labute approximate surface area is 146 Å². The van der Waals surface area contributed by atoms with Crippen LogP contribution in [-0.2, 0) is 0 Å². The minimum absolute atomic E-state index is 0.0149. The van der Waals surface area contributed by atoms with E-state index in [1.54, 1.807) is 36.4 Å². The van der Waals surface area contributed by atoms with Gasteiger partial charge >= 0.3 is 0 Å². The summed E-state index contributed by atoms with van der Waals surface area (Å²) in [5.41, 5.74) is 2.09. The van der Waals surface area contributed by atoms with Gasteiger partial charge in [-0.15, -0.1) is 0 Å². The number of likely N-dealkylation sites (N-methyl/N-ethyl adjacent to an activating group) is 1. The lowest BCUT2D eigenvalue weighted by molar-refractivity contribution is 0.0926. The zero-order chi connectivity index (χ0) is 18.0. The van der Waals surface area contributed by atoms with Crippen LogP contribution >= 0.6 is 0 Å². The molecule has 4 nitrogen and oxygen atoms in total. The van der Waals surface area contributed by atoms with Crippen LogP contribution in [0, 0.1) is 5.82 Å². The number of carbonyl (C=O) groups is 2. The Kier molecular flexibility index (Phi) is 4.95. The molecule has 0 bridgehead atoms. The predicted octanol–water partition coefficient (Wildman–Crippen LogP) is 3.20. The minimum atomic E-state index is -0.268. The van der Waals surface area contributed by atoms with E-state index in [0.717, 1.165) is 18.5 Å². The fraction of sp³-hybridized carbons (Fsp3) is 0.300. The zero-order valence-electron chi connectivity index (χ0n) is 14.3. The van der Waals surface area contributed by atoms with Gasteiger partial charge in [-0.3, -0.25) is 14.5 Å². The van der Waals surface area contributed by atoms with Gasteiger partial charge in [-0.2, -0.15) is 0 Å². The molecule has 1 aliphatic rings. The molecule has 1 fully saturated rings. The first-order valence-electron chi connectivity index (χ1n) is 8.33. The third-order valence-electron chi connectivity index (χ3n) is 4.73. The molecule has 1 N–H and O–H groups in total. The fourth-order valence-electron chi connectivity index (χ4n) is 3.35. The van der Waals surface area contributed by atoms with Crippen molar-refractivity contribution in [3.05, 3.63) is 71.0 Å². The number of likely N-dealkylation sites (tertiary alicyclic amines) is 1. The van der Waals surface area contributed by atoms with Gasteiger partial charge in [-0.05, 0) is 50.2 Å². The van der Waals surface area contributed by atoms with Gasteiger partial charge in [0.1, 0.15) is 5.82 Å². The van der Waals surface area contributed by atoms with E-state index in [-0.39, 0.29) is 29.6 Å². The highest BCUT2D eigenvalue weighted by Gasteiger charge is 2.34. The highest BCUT2D eigenvalue weighted by molar-refractivity contribution is 5.97. The minimum Gasteiger partial charge on any atom is -0.347 e. The normalized spacial score (nSPS) is 20.4. The lowest BCUT2D eigenvalue weighted by Crippen LogP contribution is -2.39. The van der Waals surface area contributed by atoms with Crippen LogP contribution in [0.5, 0.6) is 0 Å². The summed E-state index contributed by atoms with van der Waals surface area (Å²) in [6.45, 7) is 2.35. The molecule has 0 saturated carbocycles. The summed E-state index contributed by atoms with van der Waals surface area (Å²) in [5.74, 6) is -0.459. The Morgan fingerprint density at radius 1 is 1.04 bits per heavy atom. The monoisotopic (exact) mass is 340 g/mol. The highest BCUT2D eigenvalue weighted by atomic mass is 19.1. The summed E-state index contributed by atoms with van der Waals surface area (Å²) in [7, 11) is 2.00. The van der Waals surface area contributed by atoms with Crippen molar-refractivity contribution >= 4 is 11.7 Å². The van der Waals surface area contributed by atoms with Gasteiger partial charge in [0.15, 0.2) is 5.78 Å². The third-order valence-corrected chi connectivity index (χ3v) is 4.73. The molecule has 25 heavy (non-hydrogen) atoms. The second-order valence-corrected chi connectivity index (χ2v) is 6.48. The summed E-state index contributed by atoms with van der Waals surface area (Å²) in [5, 5.41) is 3.08. The molecule has 3 rings (SSSR count). The maximum absolute atomic E-state index is 13.2. The summed E-state index contributed by atoms with van der Waals surface area (Å²) in [4.78, 5) is 26.0. The predicted molar refractivity (Wildman–Crippen MR) is 94.1 cm³/mol. The number of hydrogen-bond acceptors (Lipinski definition) is 3. The van der Waals surface area contributed by atoms with Crippen molar-refractivity contribution in [1.82, 2.24) is 10.2 Å². The smallest absolute Gasteiger partial charge is 0.251 e. The molecule has 1 heterocycles. The summed E-state index contributed by atoms with van der Waals surface area (Å²) in [6.07, 6.45) is 0.829. The van der Waals surface area contributed by atoms with Crippen molar-refractivity contribution in [1.29, 1.82) is 0 Å². The van der Waals surface area contributed by atoms with Crippen molar-refractivity contribution < 1.29 is 14.0 Å². The van der Waals surface area contributed by atoms with Gasteiger partial charge in [-0.25, -0.2) is 4.39 Å². The van der Waals surface area contributed by atoms with Gasteiger partial charge < -0.3 is 5.32 Å². The van der Waals surface area contributed by atoms with Gasteiger partial charge in [0.25, 0.3) is 5.91 Å². The quantitative estimate of drug-likeness (QED) is 0.870. The first-order valence-corrected chi connectivity index (χ1v) is 8.33. The summed E-state index contributed by atoms with van der Waals surface area (Å²) < 4.78 is 13.2. The van der Waals surface area contributed by atoms with Crippen LogP contribution < -0.4 is 5.32 Å². The average Bonchev–Trinajstić information content (AvgIpc) is 2.96. The molecule has 2 aromatic carbocycles. The Morgan fingerprint density at radius 3 is 2.24 bits per heavy atom. The number of carbonyl (C=O) groups excluding carboxylic acids is 2. The van der Waals surface area contributed by atoms with Crippen molar-refractivity contribution in [2.75, 3.05) is 13.6 Å². The number of benzene rings is 2. The molecule has 2 aromatic rings. The van der Waals surface area contributed by atoms with E-state index in [2.05, 4.69) is 10.2 Å². The number of nitrogens with one attached hydrogen (secondary N) is 1. The number of hydrogen-bond donors (Lipinski definition) is 1. The van der Waals surface area contributed by atoms with Crippen LogP contribution in [0.15, 0.2) is 48.5 Å². The van der Waals surface area contributed by atoms with E-state index in [4.69, 9.17) is 0 Å². The Morgan fingerprint density at radius 2 is 1.64 bits per heavy atom. The second kappa shape index (κ2) is 7.15. The van der Waals surface area contributed by atoms with E-state index in [1.165, 1.54) is 19.1 Å². The second-order valence-electron chi connectivity index (χ2n) is 6.48. The molecule has 1 saturated heterocycles. The summed E-state index contributed by atoms with van der Waals surface area (Å²) in [6, 6.07) is 13.0. The molecule has 0 radical (unpaired) electrons. The van der Waals surface area contributed by atoms with Crippen LogP contribution in [0.1, 0.15) is 45.7 Å². The van der Waals surface area contributed by atoms with Crippen LogP contribution in [0.3, 0.4) is 0 Å². The Bertz CT molecular complexity index is 771. The van der Waals surface area contributed by atoms with E-state index in [0.29, 0.717) is 11.1 Å². The Hall–Kier alpha value is -2.53. The van der Waals surface area contributed by atoms with Crippen LogP contribution in [0.2, 0.25) is 0 Å². The van der Waals surface area contributed by atoms with Crippen LogP contribution in [-0.4, -0.2) is 36.2 Å². The molecule has 1 amide bonds. The maximum atomic E-state index is 13.2. The van der Waals surface area contributed by atoms with E-state index in [1.807, 2.05) is 7.05 Å².